The summed E-state index contributed by atoms with van der Waals surface area (Å²) in [6.07, 6.45) is 10.1. The van der Waals surface area contributed by atoms with Gasteiger partial charge >= 0.3 is 0 Å². The van der Waals surface area contributed by atoms with Crippen LogP contribution in [0.15, 0.2) is 12.4 Å². The minimum Gasteiger partial charge on any atom is -0.390 e. The summed E-state index contributed by atoms with van der Waals surface area (Å²) in [5, 5.41) is 18.4. The Hall–Kier alpha value is -1.43. The van der Waals surface area contributed by atoms with Crippen molar-refractivity contribution in [3.63, 3.8) is 0 Å². The summed E-state index contributed by atoms with van der Waals surface area (Å²) >= 11 is 0. The molecule has 6 nitrogen and oxygen atoms in total. The Kier molecular flexibility index (Phi) is 4.47. The molecule has 1 amide bonds. The zero-order valence-corrected chi connectivity index (χ0v) is 13.3. The van der Waals surface area contributed by atoms with Gasteiger partial charge in [0.1, 0.15) is 0 Å². The van der Waals surface area contributed by atoms with Crippen molar-refractivity contribution in [2.24, 2.45) is 5.92 Å². The van der Waals surface area contributed by atoms with Gasteiger partial charge in [-0.2, -0.15) is 0 Å². The number of likely N-dealkylation sites (tertiary alicyclic amines) is 1. The molecule has 1 N–H and O–H groups in total. The molecule has 1 aliphatic heterocycles. The van der Waals surface area contributed by atoms with Crippen LogP contribution in [-0.2, 0) is 11.3 Å². The molecule has 1 saturated heterocycles. The molecule has 3 rings (SSSR count). The highest BCUT2D eigenvalue weighted by Gasteiger charge is 2.44. The molecular formula is C16H26N4O2. The molecule has 122 valence electrons. The molecule has 6 heteroatoms. The first-order chi connectivity index (χ1) is 10.6. The molecule has 2 heterocycles. The average molecular weight is 306 g/mol. The molecular weight excluding hydrogens is 280 g/mol. The van der Waals surface area contributed by atoms with Crippen LogP contribution in [0.4, 0.5) is 0 Å². The maximum Gasteiger partial charge on any atom is 0.224 e. The third kappa shape index (κ3) is 3.16. The maximum absolute atomic E-state index is 12.6. The van der Waals surface area contributed by atoms with Crippen LogP contribution in [0.1, 0.15) is 51.9 Å². The summed E-state index contributed by atoms with van der Waals surface area (Å²) < 4.78 is 1.69. The van der Waals surface area contributed by atoms with Gasteiger partial charge in [-0.05, 0) is 32.6 Å². The second kappa shape index (κ2) is 6.36. The summed E-state index contributed by atoms with van der Waals surface area (Å²) in [6.45, 7) is 3.35. The van der Waals surface area contributed by atoms with Gasteiger partial charge in [0.05, 0.1) is 18.3 Å². The molecule has 0 radical (unpaired) electrons. The van der Waals surface area contributed by atoms with Crippen molar-refractivity contribution in [1.82, 2.24) is 19.9 Å². The highest BCUT2D eigenvalue weighted by atomic mass is 16.3. The lowest BCUT2D eigenvalue weighted by molar-refractivity contribution is -0.136. The first-order valence-corrected chi connectivity index (χ1v) is 8.44. The van der Waals surface area contributed by atoms with E-state index in [0.717, 1.165) is 45.1 Å². The molecule has 1 aromatic heterocycles. The van der Waals surface area contributed by atoms with E-state index < -0.39 is 5.60 Å². The Balaban J connectivity index is 1.63. The standard InChI is InChI=1S/C16H26N4O2/c1-16(22)8-3-2-5-13(16)14-6-4-10-20(14)15(21)7-11-19-12-9-17-18-19/h9,12-14,22H,2-8,10-11H2,1H3/t13-,14-,16-/m0/s1. The lowest BCUT2D eigenvalue weighted by atomic mass is 9.72. The highest BCUT2D eigenvalue weighted by molar-refractivity contribution is 5.76. The molecule has 22 heavy (non-hydrogen) atoms. The van der Waals surface area contributed by atoms with E-state index in [2.05, 4.69) is 10.3 Å². The predicted octanol–water partition coefficient (Wildman–Crippen LogP) is 1.60. The van der Waals surface area contributed by atoms with Crippen LogP contribution in [-0.4, -0.2) is 49.1 Å². The Morgan fingerprint density at radius 2 is 2.23 bits per heavy atom. The second-order valence-corrected chi connectivity index (χ2v) is 6.92. The number of carbonyl (C=O) groups is 1. The third-order valence-corrected chi connectivity index (χ3v) is 5.36. The van der Waals surface area contributed by atoms with E-state index in [1.807, 2.05) is 11.8 Å². The molecule has 2 fully saturated rings. The first kappa shape index (κ1) is 15.5. The van der Waals surface area contributed by atoms with Crippen LogP contribution in [0, 0.1) is 5.92 Å². The van der Waals surface area contributed by atoms with Crippen LogP contribution >= 0.6 is 0 Å². The van der Waals surface area contributed by atoms with Crippen molar-refractivity contribution in [3.8, 4) is 0 Å². The second-order valence-electron chi connectivity index (χ2n) is 6.92. The number of nitrogens with zero attached hydrogens (tertiary/aromatic N) is 4. The lowest BCUT2D eigenvalue weighted by Gasteiger charge is -2.43. The van der Waals surface area contributed by atoms with Crippen LogP contribution in [0.2, 0.25) is 0 Å². The van der Waals surface area contributed by atoms with Crippen LogP contribution in [0.25, 0.3) is 0 Å². The summed E-state index contributed by atoms with van der Waals surface area (Å²) in [4.78, 5) is 14.6. The fraction of sp³-hybridized carbons (Fsp3) is 0.812. The van der Waals surface area contributed by atoms with Crippen molar-refractivity contribution in [2.75, 3.05) is 6.54 Å². The Bertz CT molecular complexity index is 500. The summed E-state index contributed by atoms with van der Waals surface area (Å²) in [5.41, 5.74) is -0.627. The topological polar surface area (TPSA) is 71.2 Å². The average Bonchev–Trinajstić information content (AvgIpc) is 3.15. The van der Waals surface area contributed by atoms with E-state index in [4.69, 9.17) is 0 Å². The number of aliphatic hydroxyl groups is 1. The zero-order valence-electron chi connectivity index (χ0n) is 13.3. The Labute approximate surface area is 131 Å². The van der Waals surface area contributed by atoms with Gasteiger partial charge < -0.3 is 10.0 Å². The lowest BCUT2D eigenvalue weighted by Crippen LogP contribution is -2.50. The normalized spacial score (nSPS) is 32.4. The minimum absolute atomic E-state index is 0.180. The van der Waals surface area contributed by atoms with Crippen LogP contribution in [0.3, 0.4) is 0 Å². The zero-order chi connectivity index (χ0) is 15.6. The molecule has 0 unspecified atom stereocenters. The molecule has 2 aliphatic rings. The van der Waals surface area contributed by atoms with Crippen molar-refractivity contribution in [2.45, 2.75) is 70.1 Å². The van der Waals surface area contributed by atoms with E-state index >= 15 is 0 Å². The summed E-state index contributed by atoms with van der Waals surface area (Å²) in [7, 11) is 0. The smallest absolute Gasteiger partial charge is 0.224 e. The highest BCUT2D eigenvalue weighted by Crippen LogP contribution is 2.40. The molecule has 0 spiro atoms. The molecule has 1 aromatic rings. The number of hydrogen-bond donors (Lipinski definition) is 1. The molecule has 1 aliphatic carbocycles. The van der Waals surface area contributed by atoms with E-state index in [1.54, 1.807) is 17.1 Å². The van der Waals surface area contributed by atoms with E-state index in [0.29, 0.717) is 13.0 Å². The van der Waals surface area contributed by atoms with E-state index in [9.17, 15) is 9.90 Å². The fourth-order valence-corrected chi connectivity index (χ4v) is 4.18. The van der Waals surface area contributed by atoms with Gasteiger partial charge in [-0.15, -0.1) is 5.10 Å². The van der Waals surface area contributed by atoms with Gasteiger partial charge in [0.25, 0.3) is 0 Å². The number of aromatic nitrogens is 3. The summed E-state index contributed by atoms with van der Waals surface area (Å²) in [5.74, 6) is 0.401. The van der Waals surface area contributed by atoms with Crippen molar-refractivity contribution in [3.05, 3.63) is 12.4 Å². The summed E-state index contributed by atoms with van der Waals surface area (Å²) in [6, 6.07) is 0.207. The van der Waals surface area contributed by atoms with Crippen LogP contribution in [0.5, 0.6) is 0 Å². The van der Waals surface area contributed by atoms with E-state index in [-0.39, 0.29) is 17.9 Å². The van der Waals surface area contributed by atoms with Gasteiger partial charge in [0, 0.05) is 31.1 Å². The number of rotatable bonds is 4. The molecule has 3 atom stereocenters. The monoisotopic (exact) mass is 306 g/mol. The molecule has 1 saturated carbocycles. The quantitative estimate of drug-likeness (QED) is 0.917. The van der Waals surface area contributed by atoms with Crippen molar-refractivity contribution >= 4 is 5.91 Å². The maximum atomic E-state index is 12.6. The number of aryl methyl sites for hydroxylation is 1. The largest absolute Gasteiger partial charge is 0.390 e. The Morgan fingerprint density at radius 1 is 1.36 bits per heavy atom. The van der Waals surface area contributed by atoms with Gasteiger partial charge in [-0.25, -0.2) is 0 Å². The van der Waals surface area contributed by atoms with Crippen molar-refractivity contribution < 1.29 is 9.90 Å². The predicted molar refractivity (Wildman–Crippen MR) is 82.0 cm³/mol. The van der Waals surface area contributed by atoms with Gasteiger partial charge in [0.2, 0.25) is 5.91 Å². The van der Waals surface area contributed by atoms with Gasteiger partial charge in [-0.3, -0.25) is 9.48 Å². The van der Waals surface area contributed by atoms with Crippen LogP contribution < -0.4 is 0 Å². The third-order valence-electron chi connectivity index (χ3n) is 5.36. The Morgan fingerprint density at radius 3 is 2.95 bits per heavy atom. The van der Waals surface area contributed by atoms with Crippen molar-refractivity contribution in [1.29, 1.82) is 0 Å². The van der Waals surface area contributed by atoms with E-state index in [1.165, 1.54) is 0 Å². The first-order valence-electron chi connectivity index (χ1n) is 8.44. The van der Waals surface area contributed by atoms with Gasteiger partial charge in [0.15, 0.2) is 0 Å². The number of amides is 1. The fourth-order valence-electron chi connectivity index (χ4n) is 4.18. The number of hydrogen-bond acceptors (Lipinski definition) is 4. The SMILES string of the molecule is C[C@]1(O)CCCC[C@H]1[C@@H]1CCCN1C(=O)CCn1ccnn1. The number of carbonyl (C=O) groups excluding carboxylic acids is 1. The molecule has 0 bridgehead atoms. The molecule has 0 aromatic carbocycles. The minimum atomic E-state index is -0.627. The van der Waals surface area contributed by atoms with Gasteiger partial charge in [-0.1, -0.05) is 18.1 Å².